The van der Waals surface area contributed by atoms with Crippen molar-refractivity contribution in [2.45, 2.75) is 31.7 Å². The van der Waals surface area contributed by atoms with Crippen LogP contribution in [-0.4, -0.2) is 36.7 Å². The van der Waals surface area contributed by atoms with Gasteiger partial charge in [0, 0.05) is 25.2 Å². The van der Waals surface area contributed by atoms with Gasteiger partial charge in [-0.2, -0.15) is 0 Å². The van der Waals surface area contributed by atoms with Crippen LogP contribution in [0.3, 0.4) is 0 Å². The molecule has 88 valence electrons. The SMILES string of the molecule is CNC1C=NC(N2CCCC2=O)=C(Cl)CC1. The van der Waals surface area contributed by atoms with Gasteiger partial charge in [0.1, 0.15) is 5.82 Å². The number of amides is 1. The standard InChI is InChI=1S/C11H16ClN3O/c1-13-8-4-5-9(12)11(14-7-8)15-6-2-3-10(15)16/h7-8,13H,2-6H2,1H3. The highest BCUT2D eigenvalue weighted by Gasteiger charge is 2.26. The van der Waals surface area contributed by atoms with Crippen molar-refractivity contribution in [1.82, 2.24) is 10.2 Å². The molecule has 4 nitrogen and oxygen atoms in total. The Morgan fingerprint density at radius 3 is 3.00 bits per heavy atom. The summed E-state index contributed by atoms with van der Waals surface area (Å²) in [6, 6.07) is 0.240. The van der Waals surface area contributed by atoms with E-state index in [-0.39, 0.29) is 11.9 Å². The Hall–Kier alpha value is -0.870. The maximum Gasteiger partial charge on any atom is 0.228 e. The van der Waals surface area contributed by atoms with Crippen molar-refractivity contribution in [2.24, 2.45) is 4.99 Å². The molecule has 2 rings (SSSR count). The molecule has 5 heteroatoms. The van der Waals surface area contributed by atoms with Crippen LogP contribution in [0, 0.1) is 0 Å². The second-order valence-corrected chi connectivity index (χ2v) is 4.55. The molecule has 1 unspecified atom stereocenters. The van der Waals surface area contributed by atoms with E-state index in [1.54, 1.807) is 4.90 Å². The van der Waals surface area contributed by atoms with E-state index in [4.69, 9.17) is 11.6 Å². The Morgan fingerprint density at radius 1 is 1.56 bits per heavy atom. The number of nitrogens with zero attached hydrogens (tertiary/aromatic N) is 2. The van der Waals surface area contributed by atoms with Crippen LogP contribution in [0.1, 0.15) is 25.7 Å². The highest BCUT2D eigenvalue weighted by molar-refractivity contribution is 6.30. The van der Waals surface area contributed by atoms with Crippen LogP contribution in [0.15, 0.2) is 15.8 Å². The van der Waals surface area contributed by atoms with Crippen LogP contribution < -0.4 is 5.32 Å². The molecule has 0 saturated carbocycles. The van der Waals surface area contributed by atoms with E-state index in [9.17, 15) is 4.79 Å². The van der Waals surface area contributed by atoms with E-state index in [0.29, 0.717) is 17.3 Å². The smallest absolute Gasteiger partial charge is 0.228 e. The summed E-state index contributed by atoms with van der Waals surface area (Å²) >= 11 is 6.20. The predicted molar refractivity (Wildman–Crippen MR) is 64.4 cm³/mol. The van der Waals surface area contributed by atoms with Crippen LogP contribution in [0.2, 0.25) is 0 Å². The van der Waals surface area contributed by atoms with Gasteiger partial charge in [0.2, 0.25) is 5.91 Å². The molecule has 1 saturated heterocycles. The first-order valence-corrected chi connectivity index (χ1v) is 6.00. The Morgan fingerprint density at radius 2 is 2.38 bits per heavy atom. The minimum Gasteiger partial charge on any atom is -0.312 e. The third-order valence-corrected chi connectivity index (χ3v) is 3.35. The Labute approximate surface area is 100 Å². The molecular formula is C11H16ClN3O. The van der Waals surface area contributed by atoms with Crippen molar-refractivity contribution in [2.75, 3.05) is 13.6 Å². The molecule has 0 aromatic carbocycles. The van der Waals surface area contributed by atoms with Gasteiger partial charge in [-0.15, -0.1) is 0 Å². The number of allylic oxidation sites excluding steroid dienone is 1. The van der Waals surface area contributed by atoms with E-state index < -0.39 is 0 Å². The minimum atomic E-state index is 0.133. The summed E-state index contributed by atoms with van der Waals surface area (Å²) in [4.78, 5) is 17.7. The maximum absolute atomic E-state index is 11.6. The van der Waals surface area contributed by atoms with E-state index in [2.05, 4.69) is 10.3 Å². The number of nitrogens with one attached hydrogen (secondary N) is 1. The van der Waals surface area contributed by atoms with E-state index >= 15 is 0 Å². The normalized spacial score (nSPS) is 26.5. The second kappa shape index (κ2) is 4.97. The third-order valence-electron chi connectivity index (χ3n) is 2.99. The van der Waals surface area contributed by atoms with Gasteiger partial charge in [-0.3, -0.25) is 9.69 Å². The van der Waals surface area contributed by atoms with Crippen LogP contribution >= 0.6 is 11.6 Å². The molecule has 1 fully saturated rings. The fraction of sp³-hybridized carbons (Fsp3) is 0.636. The molecular weight excluding hydrogens is 226 g/mol. The number of rotatable bonds is 2. The van der Waals surface area contributed by atoms with Crippen molar-refractivity contribution in [3.05, 3.63) is 10.9 Å². The zero-order chi connectivity index (χ0) is 11.5. The first-order valence-electron chi connectivity index (χ1n) is 5.63. The number of aliphatic imine (C=N–C) groups is 1. The Bertz CT molecular complexity index is 351. The van der Waals surface area contributed by atoms with Crippen LogP contribution in [-0.2, 0) is 4.79 Å². The molecule has 0 aromatic heterocycles. The van der Waals surface area contributed by atoms with Crippen molar-refractivity contribution in [3.63, 3.8) is 0 Å². The molecule has 2 heterocycles. The lowest BCUT2D eigenvalue weighted by Crippen LogP contribution is -2.26. The number of halogens is 1. The van der Waals surface area contributed by atoms with Gasteiger partial charge in [-0.05, 0) is 26.3 Å². The summed E-state index contributed by atoms with van der Waals surface area (Å²) in [5.41, 5.74) is 0. The third kappa shape index (κ3) is 2.28. The number of likely N-dealkylation sites (tertiary alicyclic amines) is 1. The number of hydrogen-bond acceptors (Lipinski definition) is 3. The lowest BCUT2D eigenvalue weighted by atomic mass is 10.2. The van der Waals surface area contributed by atoms with Crippen LogP contribution in [0.5, 0.6) is 0 Å². The van der Waals surface area contributed by atoms with Crippen LogP contribution in [0.4, 0.5) is 0 Å². The number of carbonyl (C=O) groups is 1. The van der Waals surface area contributed by atoms with Crippen molar-refractivity contribution in [3.8, 4) is 0 Å². The molecule has 1 atom stereocenters. The van der Waals surface area contributed by atoms with Gasteiger partial charge in [-0.25, -0.2) is 4.99 Å². The van der Waals surface area contributed by atoms with Crippen molar-refractivity contribution in [1.29, 1.82) is 0 Å². The molecule has 0 radical (unpaired) electrons. The second-order valence-electron chi connectivity index (χ2n) is 4.09. The van der Waals surface area contributed by atoms with Gasteiger partial charge in [0.25, 0.3) is 0 Å². The van der Waals surface area contributed by atoms with E-state index in [1.807, 2.05) is 13.3 Å². The topological polar surface area (TPSA) is 44.7 Å². The van der Waals surface area contributed by atoms with Crippen LogP contribution in [0.25, 0.3) is 0 Å². The average molecular weight is 242 g/mol. The summed E-state index contributed by atoms with van der Waals surface area (Å²) in [5.74, 6) is 0.787. The largest absolute Gasteiger partial charge is 0.312 e. The summed E-state index contributed by atoms with van der Waals surface area (Å²) in [6.07, 6.45) is 5.04. The zero-order valence-corrected chi connectivity index (χ0v) is 10.1. The van der Waals surface area contributed by atoms with Gasteiger partial charge in [-0.1, -0.05) is 11.6 Å². The maximum atomic E-state index is 11.6. The molecule has 1 N–H and O–H groups in total. The highest BCUT2D eigenvalue weighted by atomic mass is 35.5. The molecule has 2 aliphatic rings. The van der Waals surface area contributed by atoms with Gasteiger partial charge in [0.15, 0.2) is 0 Å². The number of carbonyl (C=O) groups excluding carboxylic acids is 1. The molecule has 2 aliphatic heterocycles. The van der Waals surface area contributed by atoms with Gasteiger partial charge >= 0.3 is 0 Å². The quantitative estimate of drug-likeness (QED) is 0.796. The fourth-order valence-corrected chi connectivity index (χ4v) is 2.27. The lowest BCUT2D eigenvalue weighted by Gasteiger charge is -2.16. The highest BCUT2D eigenvalue weighted by Crippen LogP contribution is 2.26. The van der Waals surface area contributed by atoms with Crippen molar-refractivity contribution < 1.29 is 4.79 Å². The molecule has 0 bridgehead atoms. The van der Waals surface area contributed by atoms with E-state index in [1.165, 1.54) is 0 Å². The summed E-state index contributed by atoms with van der Waals surface area (Å²) in [6.45, 7) is 0.742. The molecule has 16 heavy (non-hydrogen) atoms. The molecule has 0 spiro atoms. The minimum absolute atomic E-state index is 0.133. The van der Waals surface area contributed by atoms with Crippen molar-refractivity contribution >= 4 is 23.7 Å². The lowest BCUT2D eigenvalue weighted by molar-refractivity contribution is -0.126. The molecule has 0 aromatic rings. The summed E-state index contributed by atoms with van der Waals surface area (Å²) < 4.78 is 0. The summed E-state index contributed by atoms with van der Waals surface area (Å²) in [5, 5.41) is 3.85. The van der Waals surface area contributed by atoms with E-state index in [0.717, 1.165) is 25.8 Å². The summed E-state index contributed by atoms with van der Waals surface area (Å²) in [7, 11) is 1.90. The first-order chi connectivity index (χ1) is 7.72. The van der Waals surface area contributed by atoms with Gasteiger partial charge in [0.05, 0.1) is 5.03 Å². The molecule has 1 amide bonds. The fourth-order valence-electron chi connectivity index (χ4n) is 2.01. The molecule has 0 aliphatic carbocycles. The number of hydrogen-bond donors (Lipinski definition) is 1. The zero-order valence-electron chi connectivity index (χ0n) is 9.37. The average Bonchev–Trinajstić information content (AvgIpc) is 2.60. The monoisotopic (exact) mass is 241 g/mol. The Balaban J connectivity index is 2.20. The van der Waals surface area contributed by atoms with Gasteiger partial charge < -0.3 is 5.32 Å². The predicted octanol–water partition coefficient (Wildman–Crippen LogP) is 1.47. The Kier molecular flexibility index (Phi) is 3.61. The first kappa shape index (κ1) is 11.6.